The Hall–Kier alpha value is -0.650. The average molecular weight is 270 g/mol. The summed E-state index contributed by atoms with van der Waals surface area (Å²) in [6.45, 7) is 5.77. The lowest BCUT2D eigenvalue weighted by molar-refractivity contribution is -0.132. The summed E-state index contributed by atoms with van der Waals surface area (Å²) in [4.78, 5) is 16.3. The molecule has 0 spiro atoms. The van der Waals surface area contributed by atoms with E-state index in [0.29, 0.717) is 31.8 Å². The predicted octanol–water partition coefficient (Wildman–Crippen LogP) is 0.736. The van der Waals surface area contributed by atoms with Gasteiger partial charge in [-0.05, 0) is 25.7 Å². The Morgan fingerprint density at radius 3 is 2.42 bits per heavy atom. The lowest BCUT2D eigenvalue weighted by Gasteiger charge is -2.32. The number of amides is 1. The number of hydrogen-bond donors (Lipinski definition) is 0. The van der Waals surface area contributed by atoms with Gasteiger partial charge in [-0.25, -0.2) is 0 Å². The van der Waals surface area contributed by atoms with Crippen LogP contribution in [0.25, 0.3) is 0 Å². The number of piperidine rings is 1. The van der Waals surface area contributed by atoms with Crippen molar-refractivity contribution in [3.05, 3.63) is 0 Å². The molecule has 2 aliphatic heterocycles. The first-order chi connectivity index (χ1) is 9.29. The molecule has 2 aliphatic rings. The summed E-state index contributed by atoms with van der Waals surface area (Å²) in [5.74, 6) is 0.302. The summed E-state index contributed by atoms with van der Waals surface area (Å²) in [5, 5.41) is 0. The molecule has 0 N–H and O–H groups in total. The van der Waals surface area contributed by atoms with E-state index < -0.39 is 0 Å². The molecule has 2 heterocycles. The smallest absolute Gasteiger partial charge is 0.236 e. The molecular weight excluding hydrogens is 244 g/mol. The molecule has 0 radical (unpaired) electrons. The van der Waals surface area contributed by atoms with Crippen LogP contribution in [-0.2, 0) is 14.3 Å². The minimum absolute atomic E-state index is 0.302. The fraction of sp³-hybridized carbons (Fsp3) is 0.929. The van der Waals surface area contributed by atoms with E-state index >= 15 is 0 Å². The number of ether oxygens (including phenoxy) is 2. The molecule has 5 nitrogen and oxygen atoms in total. The van der Waals surface area contributed by atoms with E-state index in [2.05, 4.69) is 4.90 Å². The number of carbonyl (C=O) groups excluding carboxylic acids is 1. The van der Waals surface area contributed by atoms with Gasteiger partial charge in [-0.1, -0.05) is 0 Å². The van der Waals surface area contributed by atoms with Crippen LogP contribution in [0.5, 0.6) is 0 Å². The van der Waals surface area contributed by atoms with Crippen LogP contribution in [0.3, 0.4) is 0 Å². The normalized spacial score (nSPS) is 22.1. The lowest BCUT2D eigenvalue weighted by atomic mass is 10.1. The van der Waals surface area contributed by atoms with Gasteiger partial charge in [-0.2, -0.15) is 0 Å². The van der Waals surface area contributed by atoms with Crippen LogP contribution in [-0.4, -0.2) is 74.9 Å². The summed E-state index contributed by atoms with van der Waals surface area (Å²) >= 11 is 0. The topological polar surface area (TPSA) is 42.0 Å². The van der Waals surface area contributed by atoms with Gasteiger partial charge in [-0.3, -0.25) is 9.69 Å². The van der Waals surface area contributed by atoms with E-state index in [9.17, 15) is 4.79 Å². The van der Waals surface area contributed by atoms with Crippen molar-refractivity contribution in [2.45, 2.75) is 31.8 Å². The van der Waals surface area contributed by atoms with Crippen LogP contribution in [0.2, 0.25) is 0 Å². The van der Waals surface area contributed by atoms with Crippen LogP contribution in [0.1, 0.15) is 25.7 Å². The Bertz CT molecular complexity index is 272. The Kier molecular flexibility index (Phi) is 6.07. The second-order valence-electron chi connectivity index (χ2n) is 5.43. The van der Waals surface area contributed by atoms with Gasteiger partial charge >= 0.3 is 0 Å². The van der Waals surface area contributed by atoms with Gasteiger partial charge in [-0.15, -0.1) is 0 Å². The second kappa shape index (κ2) is 7.82. The maximum atomic E-state index is 12.0. The molecule has 2 saturated heterocycles. The van der Waals surface area contributed by atoms with Gasteiger partial charge in [0.25, 0.3) is 0 Å². The second-order valence-corrected chi connectivity index (χ2v) is 5.43. The molecule has 2 fully saturated rings. The Labute approximate surface area is 115 Å². The number of nitrogens with zero attached hydrogens (tertiary/aromatic N) is 2. The van der Waals surface area contributed by atoms with Crippen LogP contribution < -0.4 is 0 Å². The van der Waals surface area contributed by atoms with Crippen molar-refractivity contribution < 1.29 is 14.3 Å². The molecular formula is C14H26N2O3. The van der Waals surface area contributed by atoms with Crippen LogP contribution in [0.4, 0.5) is 0 Å². The fourth-order valence-corrected chi connectivity index (χ4v) is 2.79. The minimum Gasteiger partial charge on any atom is -0.382 e. The zero-order valence-corrected chi connectivity index (χ0v) is 12.0. The minimum atomic E-state index is 0.302. The van der Waals surface area contributed by atoms with Gasteiger partial charge in [0.15, 0.2) is 0 Å². The highest BCUT2D eigenvalue weighted by molar-refractivity contribution is 5.78. The van der Waals surface area contributed by atoms with E-state index in [4.69, 9.17) is 9.47 Å². The first-order valence-electron chi connectivity index (χ1n) is 7.40. The summed E-state index contributed by atoms with van der Waals surface area (Å²) in [5.41, 5.74) is 0. The summed E-state index contributed by atoms with van der Waals surface area (Å²) in [6, 6.07) is 0. The molecule has 0 atom stereocenters. The highest BCUT2D eigenvalue weighted by Gasteiger charge is 2.24. The highest BCUT2D eigenvalue weighted by Crippen LogP contribution is 2.14. The number of carbonyl (C=O) groups is 1. The molecule has 110 valence electrons. The van der Waals surface area contributed by atoms with Gasteiger partial charge in [0.05, 0.1) is 25.9 Å². The third kappa shape index (κ3) is 4.75. The molecule has 1 amide bonds. The zero-order valence-electron chi connectivity index (χ0n) is 12.0. The molecule has 2 rings (SSSR count). The van der Waals surface area contributed by atoms with E-state index in [1.165, 1.54) is 12.8 Å². The van der Waals surface area contributed by atoms with Gasteiger partial charge in [0, 0.05) is 33.3 Å². The predicted molar refractivity (Wildman–Crippen MR) is 73.1 cm³/mol. The Morgan fingerprint density at radius 1 is 1.11 bits per heavy atom. The van der Waals surface area contributed by atoms with E-state index in [-0.39, 0.29) is 0 Å². The molecule has 0 aromatic heterocycles. The van der Waals surface area contributed by atoms with E-state index in [0.717, 1.165) is 39.0 Å². The van der Waals surface area contributed by atoms with Gasteiger partial charge < -0.3 is 14.4 Å². The van der Waals surface area contributed by atoms with Crippen molar-refractivity contribution >= 4 is 5.91 Å². The lowest BCUT2D eigenvalue weighted by Crippen LogP contribution is -2.44. The summed E-state index contributed by atoms with van der Waals surface area (Å²) in [6.07, 6.45) is 4.73. The molecule has 0 aromatic rings. The van der Waals surface area contributed by atoms with Crippen molar-refractivity contribution in [3.63, 3.8) is 0 Å². The maximum absolute atomic E-state index is 12.0. The number of methoxy groups -OCH3 is 1. The highest BCUT2D eigenvalue weighted by atomic mass is 16.5. The molecule has 0 aromatic carbocycles. The Morgan fingerprint density at radius 2 is 1.79 bits per heavy atom. The van der Waals surface area contributed by atoms with Crippen molar-refractivity contribution in [3.8, 4) is 0 Å². The maximum Gasteiger partial charge on any atom is 0.236 e. The van der Waals surface area contributed by atoms with Crippen molar-refractivity contribution in [1.82, 2.24) is 9.80 Å². The quantitative estimate of drug-likeness (QED) is 0.668. The van der Waals surface area contributed by atoms with E-state index in [1.807, 2.05) is 4.90 Å². The van der Waals surface area contributed by atoms with Crippen LogP contribution in [0, 0.1) is 0 Å². The summed E-state index contributed by atoms with van der Waals surface area (Å²) in [7, 11) is 1.69. The standard InChI is InChI=1S/C14H26N2O3/c1-18-10-11-19-13-4-8-15(9-5-13)12-14(17)16-6-2-3-7-16/h13H,2-12H2,1H3. The van der Waals surface area contributed by atoms with Crippen molar-refractivity contribution in [1.29, 1.82) is 0 Å². The van der Waals surface area contributed by atoms with Crippen LogP contribution >= 0.6 is 0 Å². The number of rotatable bonds is 6. The van der Waals surface area contributed by atoms with Crippen molar-refractivity contribution in [2.75, 3.05) is 53.0 Å². The molecule has 0 bridgehead atoms. The SMILES string of the molecule is COCCOC1CCN(CC(=O)N2CCCC2)CC1. The third-order valence-electron chi connectivity index (χ3n) is 3.99. The average Bonchev–Trinajstić information content (AvgIpc) is 2.95. The molecule has 0 saturated carbocycles. The van der Waals surface area contributed by atoms with E-state index in [1.54, 1.807) is 7.11 Å². The first-order valence-corrected chi connectivity index (χ1v) is 7.40. The zero-order chi connectivity index (χ0) is 13.5. The number of hydrogen-bond acceptors (Lipinski definition) is 4. The largest absolute Gasteiger partial charge is 0.382 e. The van der Waals surface area contributed by atoms with Gasteiger partial charge in [0.1, 0.15) is 0 Å². The monoisotopic (exact) mass is 270 g/mol. The molecule has 0 unspecified atom stereocenters. The van der Waals surface area contributed by atoms with Crippen molar-refractivity contribution in [2.24, 2.45) is 0 Å². The molecule has 5 heteroatoms. The third-order valence-corrected chi connectivity index (χ3v) is 3.99. The van der Waals surface area contributed by atoms with Crippen LogP contribution in [0.15, 0.2) is 0 Å². The molecule has 19 heavy (non-hydrogen) atoms. The summed E-state index contributed by atoms with van der Waals surface area (Å²) < 4.78 is 10.7. The molecule has 0 aliphatic carbocycles. The Balaban J connectivity index is 1.61. The van der Waals surface area contributed by atoms with Gasteiger partial charge in [0.2, 0.25) is 5.91 Å². The fourth-order valence-electron chi connectivity index (χ4n) is 2.79. The first kappa shape index (κ1) is 14.8. The number of likely N-dealkylation sites (tertiary alicyclic amines) is 2.